The average Bonchev–Trinajstić information content (AvgIpc) is 2.51. The number of urea groups is 1. The van der Waals surface area contributed by atoms with Crippen molar-refractivity contribution in [3.8, 4) is 0 Å². The third-order valence-electron chi connectivity index (χ3n) is 3.23. The van der Waals surface area contributed by atoms with E-state index in [1.807, 2.05) is 49.3 Å². The summed E-state index contributed by atoms with van der Waals surface area (Å²) in [5.41, 5.74) is 1.64. The molecule has 6 heteroatoms. The standard InChI is InChI=1S/C17H19Cl2N3O/c1-22(2)11-16(12-6-4-3-5-7-12)21-17(23)20-13-8-9-14(18)15(19)10-13/h3-10,16H,11H2,1-2H3,(H2,20,21,23). The van der Waals surface area contributed by atoms with Gasteiger partial charge in [-0.3, -0.25) is 0 Å². The van der Waals surface area contributed by atoms with Gasteiger partial charge in [0.2, 0.25) is 0 Å². The second-order valence-corrected chi connectivity index (χ2v) is 6.27. The fourth-order valence-corrected chi connectivity index (χ4v) is 2.48. The summed E-state index contributed by atoms with van der Waals surface area (Å²) in [7, 11) is 3.93. The van der Waals surface area contributed by atoms with Crippen molar-refractivity contribution in [2.24, 2.45) is 0 Å². The largest absolute Gasteiger partial charge is 0.330 e. The second-order valence-electron chi connectivity index (χ2n) is 5.45. The van der Waals surface area contributed by atoms with Crippen LogP contribution in [0.15, 0.2) is 48.5 Å². The van der Waals surface area contributed by atoms with Gasteiger partial charge in [-0.05, 0) is 37.9 Å². The van der Waals surface area contributed by atoms with Gasteiger partial charge in [0.05, 0.1) is 16.1 Å². The number of hydrogen-bond acceptors (Lipinski definition) is 2. The molecule has 1 atom stereocenters. The second kappa shape index (κ2) is 8.20. The fourth-order valence-electron chi connectivity index (χ4n) is 2.18. The molecule has 0 saturated heterocycles. The molecule has 23 heavy (non-hydrogen) atoms. The molecule has 0 aliphatic carbocycles. The molecular formula is C17H19Cl2N3O. The molecule has 0 aliphatic heterocycles. The van der Waals surface area contributed by atoms with Gasteiger partial charge in [0.1, 0.15) is 0 Å². The number of halogens is 2. The predicted octanol–water partition coefficient (Wildman–Crippen LogP) is 4.42. The molecule has 0 saturated carbocycles. The van der Waals surface area contributed by atoms with Gasteiger partial charge in [0.15, 0.2) is 0 Å². The Labute approximate surface area is 146 Å². The number of likely N-dealkylation sites (N-methyl/N-ethyl adjacent to an activating group) is 1. The van der Waals surface area contributed by atoms with Gasteiger partial charge in [0, 0.05) is 12.2 Å². The predicted molar refractivity (Wildman–Crippen MR) is 96.4 cm³/mol. The SMILES string of the molecule is CN(C)CC(NC(=O)Nc1ccc(Cl)c(Cl)c1)c1ccccc1. The topological polar surface area (TPSA) is 44.4 Å². The Bertz CT molecular complexity index is 662. The number of carbonyl (C=O) groups excluding carboxylic acids is 1. The maximum Gasteiger partial charge on any atom is 0.319 e. The monoisotopic (exact) mass is 351 g/mol. The molecular weight excluding hydrogens is 333 g/mol. The van der Waals surface area contributed by atoms with Crippen LogP contribution in [0.25, 0.3) is 0 Å². The number of carbonyl (C=O) groups is 1. The Hall–Kier alpha value is -1.75. The highest BCUT2D eigenvalue weighted by Crippen LogP contribution is 2.25. The Balaban J connectivity index is 2.06. The Morgan fingerprint density at radius 2 is 1.78 bits per heavy atom. The van der Waals surface area contributed by atoms with Gasteiger partial charge in [-0.25, -0.2) is 4.79 Å². The summed E-state index contributed by atoms with van der Waals surface area (Å²) in [5, 5.41) is 6.60. The van der Waals surface area contributed by atoms with Crippen LogP contribution in [0.2, 0.25) is 10.0 Å². The molecule has 2 N–H and O–H groups in total. The van der Waals surface area contributed by atoms with Crippen LogP contribution in [-0.2, 0) is 0 Å². The van der Waals surface area contributed by atoms with Crippen molar-refractivity contribution in [1.82, 2.24) is 10.2 Å². The van der Waals surface area contributed by atoms with E-state index in [9.17, 15) is 4.79 Å². The van der Waals surface area contributed by atoms with E-state index in [0.29, 0.717) is 22.3 Å². The van der Waals surface area contributed by atoms with Crippen molar-refractivity contribution in [2.45, 2.75) is 6.04 Å². The van der Waals surface area contributed by atoms with E-state index in [4.69, 9.17) is 23.2 Å². The van der Waals surface area contributed by atoms with Crippen LogP contribution < -0.4 is 10.6 Å². The molecule has 0 radical (unpaired) electrons. The number of benzene rings is 2. The maximum absolute atomic E-state index is 12.3. The minimum atomic E-state index is -0.293. The van der Waals surface area contributed by atoms with Crippen LogP contribution in [0.1, 0.15) is 11.6 Å². The summed E-state index contributed by atoms with van der Waals surface area (Å²) >= 11 is 11.8. The van der Waals surface area contributed by atoms with E-state index in [1.165, 1.54) is 0 Å². The van der Waals surface area contributed by atoms with E-state index in [2.05, 4.69) is 10.6 Å². The van der Waals surface area contributed by atoms with E-state index in [-0.39, 0.29) is 12.1 Å². The number of hydrogen-bond donors (Lipinski definition) is 2. The van der Waals surface area contributed by atoms with Crippen molar-refractivity contribution in [3.05, 3.63) is 64.1 Å². The molecule has 2 aromatic rings. The molecule has 2 aromatic carbocycles. The molecule has 0 bridgehead atoms. The van der Waals surface area contributed by atoms with Crippen molar-refractivity contribution < 1.29 is 4.79 Å². The van der Waals surface area contributed by atoms with E-state index >= 15 is 0 Å². The van der Waals surface area contributed by atoms with Crippen LogP contribution in [0.3, 0.4) is 0 Å². The van der Waals surface area contributed by atoms with Gasteiger partial charge in [-0.1, -0.05) is 53.5 Å². The Morgan fingerprint density at radius 1 is 1.09 bits per heavy atom. The first-order valence-corrected chi connectivity index (χ1v) is 7.93. The average molecular weight is 352 g/mol. The van der Waals surface area contributed by atoms with E-state index in [0.717, 1.165) is 5.56 Å². The van der Waals surface area contributed by atoms with Gasteiger partial charge in [-0.2, -0.15) is 0 Å². The highest BCUT2D eigenvalue weighted by Gasteiger charge is 2.15. The summed E-state index contributed by atoms with van der Waals surface area (Å²) < 4.78 is 0. The lowest BCUT2D eigenvalue weighted by atomic mass is 10.1. The maximum atomic E-state index is 12.3. The molecule has 122 valence electrons. The first-order chi connectivity index (χ1) is 11.0. The van der Waals surface area contributed by atoms with Crippen LogP contribution in [-0.4, -0.2) is 31.6 Å². The normalized spacial score (nSPS) is 12.0. The van der Waals surface area contributed by atoms with Gasteiger partial charge < -0.3 is 15.5 Å². The first kappa shape index (κ1) is 17.6. The summed E-state index contributed by atoms with van der Waals surface area (Å²) in [6, 6.07) is 14.4. The van der Waals surface area contributed by atoms with Crippen molar-refractivity contribution in [3.63, 3.8) is 0 Å². The molecule has 0 spiro atoms. The molecule has 0 heterocycles. The highest BCUT2D eigenvalue weighted by molar-refractivity contribution is 6.42. The zero-order chi connectivity index (χ0) is 16.8. The minimum absolute atomic E-state index is 0.117. The number of rotatable bonds is 5. The summed E-state index contributed by atoms with van der Waals surface area (Å²) in [6.07, 6.45) is 0. The molecule has 2 amide bonds. The van der Waals surface area contributed by atoms with Crippen LogP contribution in [0, 0.1) is 0 Å². The zero-order valence-electron chi connectivity index (χ0n) is 13.0. The van der Waals surface area contributed by atoms with E-state index in [1.54, 1.807) is 18.2 Å². The van der Waals surface area contributed by atoms with Crippen LogP contribution in [0.5, 0.6) is 0 Å². The third kappa shape index (κ3) is 5.43. The molecule has 4 nitrogen and oxygen atoms in total. The summed E-state index contributed by atoms with van der Waals surface area (Å²) in [6.45, 7) is 0.693. The molecule has 0 aliphatic rings. The van der Waals surface area contributed by atoms with Crippen molar-refractivity contribution in [2.75, 3.05) is 26.0 Å². The van der Waals surface area contributed by atoms with E-state index < -0.39 is 0 Å². The smallest absolute Gasteiger partial charge is 0.319 e. The fraction of sp³-hybridized carbons (Fsp3) is 0.235. The summed E-state index contributed by atoms with van der Waals surface area (Å²) in [4.78, 5) is 14.3. The summed E-state index contributed by atoms with van der Waals surface area (Å²) in [5.74, 6) is 0. The number of amides is 2. The first-order valence-electron chi connectivity index (χ1n) is 7.18. The Kier molecular flexibility index (Phi) is 6.28. The molecule has 0 aromatic heterocycles. The lowest BCUT2D eigenvalue weighted by molar-refractivity contribution is 0.244. The van der Waals surface area contributed by atoms with Gasteiger partial charge in [-0.15, -0.1) is 0 Å². The molecule has 0 fully saturated rings. The Morgan fingerprint density at radius 3 is 2.39 bits per heavy atom. The van der Waals surface area contributed by atoms with Gasteiger partial charge in [0.25, 0.3) is 0 Å². The van der Waals surface area contributed by atoms with Crippen LogP contribution >= 0.6 is 23.2 Å². The zero-order valence-corrected chi connectivity index (χ0v) is 14.5. The minimum Gasteiger partial charge on any atom is -0.330 e. The third-order valence-corrected chi connectivity index (χ3v) is 3.97. The molecule has 2 rings (SSSR count). The highest BCUT2D eigenvalue weighted by atomic mass is 35.5. The number of anilines is 1. The lowest BCUT2D eigenvalue weighted by Gasteiger charge is -2.23. The van der Waals surface area contributed by atoms with Crippen molar-refractivity contribution in [1.29, 1.82) is 0 Å². The van der Waals surface area contributed by atoms with Crippen molar-refractivity contribution >= 4 is 34.9 Å². The molecule has 1 unspecified atom stereocenters. The number of nitrogens with one attached hydrogen (secondary N) is 2. The quantitative estimate of drug-likeness (QED) is 0.837. The number of nitrogens with zero attached hydrogens (tertiary/aromatic N) is 1. The van der Waals surface area contributed by atoms with Crippen LogP contribution in [0.4, 0.5) is 10.5 Å². The lowest BCUT2D eigenvalue weighted by Crippen LogP contribution is -2.37. The van der Waals surface area contributed by atoms with Gasteiger partial charge >= 0.3 is 6.03 Å².